The third kappa shape index (κ3) is 3.66. The lowest BCUT2D eigenvalue weighted by atomic mass is 10.2. The summed E-state index contributed by atoms with van der Waals surface area (Å²) in [5.74, 6) is -1.08. The van der Waals surface area contributed by atoms with Crippen LogP contribution in [0.1, 0.15) is 6.42 Å². The monoisotopic (exact) mass is 286 g/mol. The summed E-state index contributed by atoms with van der Waals surface area (Å²) < 4.78 is 26.4. The lowest BCUT2D eigenvalue weighted by molar-refractivity contribution is -0.125. The Kier molecular flexibility index (Phi) is 4.36. The Hall–Kier alpha value is -1.63. The van der Waals surface area contributed by atoms with Gasteiger partial charge in [0.1, 0.15) is 17.7 Å². The van der Waals surface area contributed by atoms with Crippen molar-refractivity contribution in [1.29, 1.82) is 0 Å². The second-order valence-electron chi connectivity index (χ2n) is 4.06. The maximum Gasteiger partial charge on any atom is 0.247 e. The van der Waals surface area contributed by atoms with E-state index < -0.39 is 23.6 Å². The van der Waals surface area contributed by atoms with Gasteiger partial charge >= 0.3 is 0 Å². The SMILES string of the molecule is O=C1CCSC[C@@H](C(=O)Nc2cc(F)ccc2F)N1. The first-order chi connectivity index (χ1) is 9.06. The number of halogens is 2. The first-order valence-corrected chi connectivity index (χ1v) is 6.85. The van der Waals surface area contributed by atoms with Gasteiger partial charge in [-0.25, -0.2) is 8.78 Å². The van der Waals surface area contributed by atoms with Crippen molar-refractivity contribution in [3.8, 4) is 0 Å². The van der Waals surface area contributed by atoms with Crippen LogP contribution in [0.3, 0.4) is 0 Å². The van der Waals surface area contributed by atoms with Crippen LogP contribution in [0.5, 0.6) is 0 Å². The minimum atomic E-state index is -0.734. The Bertz CT molecular complexity index is 511. The zero-order valence-corrected chi connectivity index (χ0v) is 10.7. The predicted octanol–water partition coefficient (Wildman–Crippen LogP) is 1.52. The fourth-order valence-corrected chi connectivity index (χ4v) is 2.60. The van der Waals surface area contributed by atoms with Crippen LogP contribution in [0.25, 0.3) is 0 Å². The van der Waals surface area contributed by atoms with E-state index in [-0.39, 0.29) is 11.6 Å². The normalized spacial score (nSPS) is 19.5. The highest BCUT2D eigenvalue weighted by atomic mass is 32.2. The van der Waals surface area contributed by atoms with Gasteiger partial charge < -0.3 is 10.6 Å². The number of hydrogen-bond acceptors (Lipinski definition) is 3. The molecule has 4 nitrogen and oxygen atoms in total. The van der Waals surface area contributed by atoms with E-state index in [2.05, 4.69) is 10.6 Å². The molecule has 1 aromatic carbocycles. The highest BCUT2D eigenvalue weighted by Gasteiger charge is 2.24. The molecule has 0 radical (unpaired) electrons. The van der Waals surface area contributed by atoms with Crippen molar-refractivity contribution >= 4 is 29.3 Å². The molecule has 1 atom stereocenters. The highest BCUT2D eigenvalue weighted by molar-refractivity contribution is 7.99. The molecular formula is C12H12F2N2O2S. The number of carbonyl (C=O) groups is 2. The number of benzene rings is 1. The van der Waals surface area contributed by atoms with Crippen LogP contribution in [0.4, 0.5) is 14.5 Å². The summed E-state index contributed by atoms with van der Waals surface area (Å²) >= 11 is 1.46. The molecule has 0 saturated carbocycles. The molecule has 19 heavy (non-hydrogen) atoms. The molecule has 1 aliphatic rings. The third-order valence-corrected chi connectivity index (χ3v) is 3.66. The topological polar surface area (TPSA) is 58.2 Å². The summed E-state index contributed by atoms with van der Waals surface area (Å²) in [5, 5.41) is 4.83. The molecule has 1 fully saturated rings. The molecule has 2 N–H and O–H groups in total. The van der Waals surface area contributed by atoms with Crippen molar-refractivity contribution in [1.82, 2.24) is 5.32 Å². The van der Waals surface area contributed by atoms with Crippen molar-refractivity contribution in [2.75, 3.05) is 16.8 Å². The Balaban J connectivity index is 2.07. The van der Waals surface area contributed by atoms with E-state index in [0.29, 0.717) is 17.9 Å². The van der Waals surface area contributed by atoms with E-state index in [1.165, 1.54) is 11.8 Å². The fourth-order valence-electron chi connectivity index (χ4n) is 1.63. The largest absolute Gasteiger partial charge is 0.343 e. The molecule has 0 bridgehead atoms. The average Bonchev–Trinajstić information content (AvgIpc) is 2.58. The summed E-state index contributed by atoms with van der Waals surface area (Å²) in [4.78, 5) is 23.2. The number of rotatable bonds is 2. The van der Waals surface area contributed by atoms with E-state index in [1.807, 2.05) is 0 Å². The van der Waals surface area contributed by atoms with E-state index in [4.69, 9.17) is 0 Å². The van der Waals surface area contributed by atoms with Crippen LogP contribution in [-0.4, -0.2) is 29.4 Å². The number of amides is 2. The van der Waals surface area contributed by atoms with E-state index >= 15 is 0 Å². The van der Waals surface area contributed by atoms with Crippen LogP contribution >= 0.6 is 11.8 Å². The minimum absolute atomic E-state index is 0.218. The molecule has 1 heterocycles. The molecule has 0 unspecified atom stereocenters. The van der Waals surface area contributed by atoms with Gasteiger partial charge in [0.25, 0.3) is 0 Å². The lowest BCUT2D eigenvalue weighted by Crippen LogP contribution is -2.44. The zero-order valence-electron chi connectivity index (χ0n) is 9.91. The van der Waals surface area contributed by atoms with Crippen molar-refractivity contribution in [2.24, 2.45) is 0 Å². The summed E-state index contributed by atoms with van der Waals surface area (Å²) in [6, 6.07) is 2.07. The second kappa shape index (κ2) is 6.01. The van der Waals surface area contributed by atoms with Gasteiger partial charge in [0.2, 0.25) is 11.8 Å². The highest BCUT2D eigenvalue weighted by Crippen LogP contribution is 2.17. The Morgan fingerprint density at radius 2 is 2.21 bits per heavy atom. The summed E-state index contributed by atoms with van der Waals surface area (Å²) in [5.41, 5.74) is -0.228. The molecule has 0 aliphatic carbocycles. The minimum Gasteiger partial charge on any atom is -0.343 e. The number of nitrogens with one attached hydrogen (secondary N) is 2. The van der Waals surface area contributed by atoms with Crippen LogP contribution in [0.2, 0.25) is 0 Å². The molecule has 0 aromatic heterocycles. The number of hydrogen-bond donors (Lipinski definition) is 2. The van der Waals surface area contributed by atoms with Crippen molar-refractivity contribution in [2.45, 2.75) is 12.5 Å². The van der Waals surface area contributed by atoms with E-state index in [1.54, 1.807) is 0 Å². The van der Waals surface area contributed by atoms with Crippen LogP contribution < -0.4 is 10.6 Å². The molecule has 102 valence electrons. The maximum absolute atomic E-state index is 13.4. The standard InChI is InChI=1S/C12H12F2N2O2S/c13-7-1-2-8(14)9(5-7)16-12(18)10-6-19-4-3-11(17)15-10/h1-2,5,10H,3-4,6H2,(H,15,17)(H,16,18)/t10-/m0/s1. The van der Waals surface area contributed by atoms with Gasteiger partial charge in [0.15, 0.2) is 0 Å². The van der Waals surface area contributed by atoms with Crippen LogP contribution in [0.15, 0.2) is 18.2 Å². The van der Waals surface area contributed by atoms with Gasteiger partial charge in [-0.15, -0.1) is 0 Å². The van der Waals surface area contributed by atoms with Gasteiger partial charge in [-0.1, -0.05) is 0 Å². The zero-order chi connectivity index (χ0) is 13.8. The molecule has 0 spiro atoms. The number of carbonyl (C=O) groups excluding carboxylic acids is 2. The van der Waals surface area contributed by atoms with Crippen molar-refractivity contribution in [3.63, 3.8) is 0 Å². The second-order valence-corrected chi connectivity index (χ2v) is 5.21. The number of thioether (sulfide) groups is 1. The molecule has 2 rings (SSSR count). The first kappa shape index (κ1) is 13.8. The number of anilines is 1. The average molecular weight is 286 g/mol. The van der Waals surface area contributed by atoms with Gasteiger partial charge in [-0.05, 0) is 12.1 Å². The maximum atomic E-state index is 13.4. The molecule has 7 heteroatoms. The van der Waals surface area contributed by atoms with Gasteiger partial charge in [0.05, 0.1) is 5.69 Å². The predicted molar refractivity (Wildman–Crippen MR) is 68.9 cm³/mol. The Morgan fingerprint density at radius 3 is 3.00 bits per heavy atom. The molecule has 1 saturated heterocycles. The van der Waals surface area contributed by atoms with Gasteiger partial charge in [-0.3, -0.25) is 9.59 Å². The van der Waals surface area contributed by atoms with Crippen LogP contribution in [-0.2, 0) is 9.59 Å². The molecular weight excluding hydrogens is 274 g/mol. The molecule has 1 aromatic rings. The van der Waals surface area contributed by atoms with Crippen molar-refractivity contribution < 1.29 is 18.4 Å². The summed E-state index contributed by atoms with van der Waals surface area (Å²) in [7, 11) is 0. The van der Waals surface area contributed by atoms with Crippen molar-refractivity contribution in [3.05, 3.63) is 29.8 Å². The first-order valence-electron chi connectivity index (χ1n) is 5.69. The van der Waals surface area contributed by atoms with Gasteiger partial charge in [0, 0.05) is 24.0 Å². The Morgan fingerprint density at radius 1 is 1.42 bits per heavy atom. The van der Waals surface area contributed by atoms with E-state index in [0.717, 1.165) is 18.2 Å². The third-order valence-electron chi connectivity index (χ3n) is 2.60. The van der Waals surface area contributed by atoms with Crippen LogP contribution in [0, 0.1) is 11.6 Å². The molecule has 1 aliphatic heterocycles. The molecule has 2 amide bonds. The van der Waals surface area contributed by atoms with E-state index in [9.17, 15) is 18.4 Å². The smallest absolute Gasteiger partial charge is 0.247 e. The van der Waals surface area contributed by atoms with Gasteiger partial charge in [-0.2, -0.15) is 11.8 Å². The fraction of sp³-hybridized carbons (Fsp3) is 0.333. The summed E-state index contributed by atoms with van der Waals surface area (Å²) in [6.45, 7) is 0. The lowest BCUT2D eigenvalue weighted by Gasteiger charge is -2.15. The quantitative estimate of drug-likeness (QED) is 0.866. The Labute approximate surface area is 112 Å². The summed E-state index contributed by atoms with van der Waals surface area (Å²) in [6.07, 6.45) is 0.350.